The highest BCUT2D eigenvalue weighted by atomic mass is 32.2. The third-order valence-corrected chi connectivity index (χ3v) is 5.78. The molecule has 0 saturated carbocycles. The van der Waals surface area contributed by atoms with Gasteiger partial charge in [0.2, 0.25) is 0 Å². The van der Waals surface area contributed by atoms with E-state index in [0.717, 1.165) is 42.6 Å². The molecule has 0 bridgehead atoms. The Morgan fingerprint density at radius 1 is 1.00 bits per heavy atom. The van der Waals surface area contributed by atoms with Gasteiger partial charge in [-0.3, -0.25) is 14.5 Å². The van der Waals surface area contributed by atoms with Crippen LogP contribution in [-0.4, -0.2) is 29.1 Å². The molecule has 0 N–H and O–H groups in total. The zero-order chi connectivity index (χ0) is 19.7. The molecular formula is C21H18F2N2O2S. The number of carbonyl (C=O) groups is 2. The lowest BCUT2D eigenvalue weighted by Crippen LogP contribution is -2.27. The lowest BCUT2D eigenvalue weighted by atomic mass is 10.1. The number of hydrogen-bond acceptors (Lipinski definition) is 4. The highest BCUT2D eigenvalue weighted by molar-refractivity contribution is 8.18. The van der Waals surface area contributed by atoms with E-state index in [2.05, 4.69) is 0 Å². The number of thioether (sulfide) groups is 1. The standard InChI is InChI=1S/C21H18F2N2O2S/c22-16-6-2-1-5-15(16)13-25-20(26)19(28-21(25)27)12-14-7-8-18(17(23)11-14)24-9-3-4-10-24/h1-2,5-8,11-12H,3-4,9-10,13H2/b19-12-. The van der Waals surface area contributed by atoms with Crippen molar-refractivity contribution >= 4 is 34.7 Å². The number of amides is 2. The Balaban J connectivity index is 1.54. The molecule has 2 fully saturated rings. The highest BCUT2D eigenvalue weighted by Crippen LogP contribution is 2.34. The van der Waals surface area contributed by atoms with Crippen LogP contribution in [0.25, 0.3) is 6.08 Å². The second-order valence-corrected chi connectivity index (χ2v) is 7.76. The molecule has 2 heterocycles. The molecule has 7 heteroatoms. The van der Waals surface area contributed by atoms with Crippen molar-refractivity contribution in [1.29, 1.82) is 0 Å². The summed E-state index contributed by atoms with van der Waals surface area (Å²) >= 11 is 0.780. The minimum atomic E-state index is -0.498. The Morgan fingerprint density at radius 2 is 1.75 bits per heavy atom. The van der Waals surface area contributed by atoms with E-state index in [9.17, 15) is 18.4 Å². The first-order chi connectivity index (χ1) is 13.5. The van der Waals surface area contributed by atoms with Crippen LogP contribution in [0.5, 0.6) is 0 Å². The number of nitrogens with zero attached hydrogens (tertiary/aromatic N) is 2. The minimum Gasteiger partial charge on any atom is -0.369 e. The highest BCUT2D eigenvalue weighted by Gasteiger charge is 2.35. The topological polar surface area (TPSA) is 40.6 Å². The van der Waals surface area contributed by atoms with Gasteiger partial charge in [0.15, 0.2) is 0 Å². The van der Waals surface area contributed by atoms with E-state index < -0.39 is 17.0 Å². The van der Waals surface area contributed by atoms with Crippen LogP contribution in [0.3, 0.4) is 0 Å². The summed E-state index contributed by atoms with van der Waals surface area (Å²) in [5.74, 6) is -1.31. The number of anilines is 1. The maximum atomic E-state index is 14.5. The summed E-state index contributed by atoms with van der Waals surface area (Å²) in [7, 11) is 0. The van der Waals surface area contributed by atoms with Crippen molar-refractivity contribution < 1.29 is 18.4 Å². The number of halogens is 2. The van der Waals surface area contributed by atoms with Crippen LogP contribution in [-0.2, 0) is 11.3 Å². The normalized spacial score (nSPS) is 18.6. The molecule has 2 aromatic rings. The molecule has 4 rings (SSSR count). The molecule has 28 heavy (non-hydrogen) atoms. The van der Waals surface area contributed by atoms with Gasteiger partial charge >= 0.3 is 0 Å². The Bertz CT molecular complexity index is 971. The number of benzene rings is 2. The van der Waals surface area contributed by atoms with Crippen molar-refractivity contribution in [2.75, 3.05) is 18.0 Å². The lowest BCUT2D eigenvalue weighted by molar-refractivity contribution is -0.123. The van der Waals surface area contributed by atoms with Gasteiger partial charge in [0.25, 0.3) is 11.1 Å². The Morgan fingerprint density at radius 3 is 2.46 bits per heavy atom. The largest absolute Gasteiger partial charge is 0.369 e. The Labute approximate surface area is 165 Å². The SMILES string of the molecule is O=C1S/C(=C\c2ccc(N3CCCC3)c(F)c2)C(=O)N1Cc1ccccc1F. The van der Waals surface area contributed by atoms with E-state index in [1.165, 1.54) is 24.3 Å². The maximum Gasteiger partial charge on any atom is 0.293 e. The fraction of sp³-hybridized carbons (Fsp3) is 0.238. The van der Waals surface area contributed by atoms with Crippen LogP contribution < -0.4 is 4.90 Å². The van der Waals surface area contributed by atoms with Gasteiger partial charge in [0.05, 0.1) is 17.1 Å². The van der Waals surface area contributed by atoms with Crippen molar-refractivity contribution in [1.82, 2.24) is 4.90 Å². The first-order valence-electron chi connectivity index (χ1n) is 9.06. The summed E-state index contributed by atoms with van der Waals surface area (Å²) in [5.41, 5.74) is 1.34. The second-order valence-electron chi connectivity index (χ2n) is 6.76. The summed E-state index contributed by atoms with van der Waals surface area (Å²) in [6.45, 7) is 1.55. The molecule has 0 aliphatic carbocycles. The van der Waals surface area contributed by atoms with E-state index in [-0.39, 0.29) is 22.8 Å². The average molecular weight is 400 g/mol. The summed E-state index contributed by atoms with van der Waals surface area (Å²) < 4.78 is 28.3. The predicted molar refractivity (Wildman–Crippen MR) is 106 cm³/mol. The van der Waals surface area contributed by atoms with Gasteiger partial charge in [-0.1, -0.05) is 24.3 Å². The number of hydrogen-bond donors (Lipinski definition) is 0. The van der Waals surface area contributed by atoms with E-state index in [4.69, 9.17) is 0 Å². The molecule has 0 spiro atoms. The summed E-state index contributed by atoms with van der Waals surface area (Å²) in [6, 6.07) is 10.8. The third kappa shape index (κ3) is 3.67. The van der Waals surface area contributed by atoms with Gasteiger partial charge < -0.3 is 4.90 Å². The van der Waals surface area contributed by atoms with Gasteiger partial charge in [0, 0.05) is 18.7 Å². The van der Waals surface area contributed by atoms with Crippen molar-refractivity contribution in [3.63, 3.8) is 0 Å². The van der Waals surface area contributed by atoms with Crippen LogP contribution in [0.2, 0.25) is 0 Å². The summed E-state index contributed by atoms with van der Waals surface area (Å²) in [6.07, 6.45) is 3.61. The molecule has 2 aromatic carbocycles. The van der Waals surface area contributed by atoms with Gasteiger partial charge in [-0.15, -0.1) is 0 Å². The number of rotatable bonds is 4. The van der Waals surface area contributed by atoms with E-state index in [0.29, 0.717) is 11.3 Å². The molecule has 0 radical (unpaired) electrons. The second kappa shape index (κ2) is 7.75. The third-order valence-electron chi connectivity index (χ3n) is 4.88. The zero-order valence-electron chi connectivity index (χ0n) is 15.0. The Kier molecular flexibility index (Phi) is 5.17. The molecule has 0 aromatic heterocycles. The summed E-state index contributed by atoms with van der Waals surface area (Å²) in [5, 5.41) is -0.464. The van der Waals surface area contributed by atoms with Crippen LogP contribution in [0, 0.1) is 11.6 Å². The van der Waals surface area contributed by atoms with Gasteiger partial charge in [-0.25, -0.2) is 8.78 Å². The smallest absolute Gasteiger partial charge is 0.293 e. The molecule has 2 aliphatic heterocycles. The number of imide groups is 1. The van der Waals surface area contributed by atoms with Crippen LogP contribution in [0.15, 0.2) is 47.4 Å². The minimum absolute atomic E-state index is 0.128. The predicted octanol–water partition coefficient (Wildman–Crippen LogP) is 4.80. The van der Waals surface area contributed by atoms with Crippen molar-refractivity contribution in [3.05, 3.63) is 70.1 Å². The van der Waals surface area contributed by atoms with Gasteiger partial charge in [-0.05, 0) is 54.4 Å². The molecule has 2 amide bonds. The fourth-order valence-corrected chi connectivity index (χ4v) is 4.25. The first-order valence-corrected chi connectivity index (χ1v) is 9.88. The molecule has 0 unspecified atom stereocenters. The van der Waals surface area contributed by atoms with Gasteiger partial charge in [0.1, 0.15) is 11.6 Å². The molecule has 4 nitrogen and oxygen atoms in total. The van der Waals surface area contributed by atoms with Crippen molar-refractivity contribution in [3.8, 4) is 0 Å². The number of carbonyl (C=O) groups excluding carboxylic acids is 2. The van der Waals surface area contributed by atoms with Gasteiger partial charge in [-0.2, -0.15) is 0 Å². The first kappa shape index (κ1) is 18.7. The van der Waals surface area contributed by atoms with Crippen LogP contribution in [0.1, 0.15) is 24.0 Å². The fourth-order valence-electron chi connectivity index (χ4n) is 3.41. The quantitative estimate of drug-likeness (QED) is 0.691. The van der Waals surface area contributed by atoms with Crippen molar-refractivity contribution in [2.45, 2.75) is 19.4 Å². The molecular weight excluding hydrogens is 382 g/mol. The van der Waals surface area contributed by atoms with E-state index in [1.807, 2.05) is 4.90 Å². The van der Waals surface area contributed by atoms with Crippen LogP contribution in [0.4, 0.5) is 19.3 Å². The molecule has 0 atom stereocenters. The van der Waals surface area contributed by atoms with E-state index in [1.54, 1.807) is 24.3 Å². The summed E-state index contributed by atoms with van der Waals surface area (Å²) in [4.78, 5) is 28.0. The lowest BCUT2D eigenvalue weighted by Gasteiger charge is -2.18. The molecule has 2 saturated heterocycles. The average Bonchev–Trinajstić information content (AvgIpc) is 3.28. The molecule has 144 valence electrons. The van der Waals surface area contributed by atoms with Crippen molar-refractivity contribution in [2.24, 2.45) is 0 Å². The Hall–Kier alpha value is -2.67. The monoisotopic (exact) mass is 400 g/mol. The zero-order valence-corrected chi connectivity index (χ0v) is 15.8. The van der Waals surface area contributed by atoms with Crippen LogP contribution >= 0.6 is 11.8 Å². The molecule has 2 aliphatic rings. The maximum absolute atomic E-state index is 14.5. The van der Waals surface area contributed by atoms with E-state index >= 15 is 0 Å².